The van der Waals surface area contributed by atoms with E-state index >= 15 is 0 Å². The van der Waals surface area contributed by atoms with Crippen molar-refractivity contribution in [2.24, 2.45) is 0 Å². The standard InChI is InChI=1S/C27H24O6/c1-30-24-16-18(15-22-25(28)32-27(33-26(22)29)13-4-5-14-27)11-12-23(24)31-17-20-9-6-8-19-7-2-3-10-21(19)20/h2-3,6-12,15-16H,4-5,13-14,17H2,1H3. The third kappa shape index (κ3) is 4.16. The molecule has 33 heavy (non-hydrogen) atoms. The van der Waals surface area contributed by atoms with E-state index in [1.54, 1.807) is 25.3 Å². The van der Waals surface area contributed by atoms with Gasteiger partial charge in [0.25, 0.3) is 5.79 Å². The number of rotatable bonds is 5. The molecule has 0 N–H and O–H groups in total. The molecular weight excluding hydrogens is 420 g/mol. The quantitative estimate of drug-likeness (QED) is 0.307. The first kappa shape index (κ1) is 21.1. The second kappa shape index (κ2) is 8.62. The molecule has 0 atom stereocenters. The Balaban J connectivity index is 1.35. The SMILES string of the molecule is COc1cc(C=C2C(=O)OC3(CCCC3)OC2=O)ccc1OCc1cccc2ccccc12. The van der Waals surface area contributed by atoms with Crippen molar-refractivity contribution in [3.05, 3.63) is 77.4 Å². The van der Waals surface area contributed by atoms with Gasteiger partial charge in [-0.25, -0.2) is 9.59 Å². The predicted octanol–water partition coefficient (Wildman–Crippen LogP) is 5.18. The molecule has 5 rings (SSSR count). The number of methoxy groups -OCH3 is 1. The molecule has 0 aromatic heterocycles. The second-order valence-electron chi connectivity index (χ2n) is 8.29. The van der Waals surface area contributed by atoms with Gasteiger partial charge in [-0.1, -0.05) is 48.5 Å². The summed E-state index contributed by atoms with van der Waals surface area (Å²) in [5, 5.41) is 2.29. The third-order valence-electron chi connectivity index (χ3n) is 6.12. The number of ether oxygens (including phenoxy) is 4. The summed E-state index contributed by atoms with van der Waals surface area (Å²) in [7, 11) is 1.55. The van der Waals surface area contributed by atoms with Gasteiger partial charge in [0, 0.05) is 12.8 Å². The lowest BCUT2D eigenvalue weighted by Gasteiger charge is -2.32. The van der Waals surface area contributed by atoms with Crippen LogP contribution in [0.3, 0.4) is 0 Å². The van der Waals surface area contributed by atoms with Gasteiger partial charge in [0.05, 0.1) is 7.11 Å². The van der Waals surface area contributed by atoms with Crippen molar-refractivity contribution in [2.75, 3.05) is 7.11 Å². The number of hydrogen-bond donors (Lipinski definition) is 0. The lowest BCUT2D eigenvalue weighted by atomic mass is 10.1. The molecule has 0 bridgehead atoms. The first-order chi connectivity index (χ1) is 16.1. The molecule has 1 aliphatic carbocycles. The lowest BCUT2D eigenvalue weighted by molar-refractivity contribution is -0.232. The fourth-order valence-corrected chi connectivity index (χ4v) is 4.42. The second-order valence-corrected chi connectivity index (χ2v) is 8.29. The normalized spacial score (nSPS) is 17.1. The summed E-state index contributed by atoms with van der Waals surface area (Å²) < 4.78 is 22.5. The van der Waals surface area contributed by atoms with Crippen LogP contribution in [0, 0.1) is 0 Å². The third-order valence-corrected chi connectivity index (χ3v) is 6.12. The molecule has 1 spiro atoms. The van der Waals surface area contributed by atoms with E-state index < -0.39 is 17.7 Å². The van der Waals surface area contributed by atoms with Crippen LogP contribution in [0.15, 0.2) is 66.2 Å². The summed E-state index contributed by atoms with van der Waals surface area (Å²) in [6.07, 6.45) is 4.31. The average Bonchev–Trinajstić information content (AvgIpc) is 3.27. The molecular formula is C27H24O6. The van der Waals surface area contributed by atoms with Crippen LogP contribution in [0.5, 0.6) is 11.5 Å². The molecule has 1 heterocycles. The van der Waals surface area contributed by atoms with Crippen LogP contribution in [0.2, 0.25) is 0 Å². The van der Waals surface area contributed by atoms with E-state index in [1.807, 2.05) is 24.3 Å². The van der Waals surface area contributed by atoms with Crippen molar-refractivity contribution >= 4 is 28.8 Å². The predicted molar refractivity (Wildman–Crippen MR) is 123 cm³/mol. The molecule has 2 aliphatic rings. The summed E-state index contributed by atoms with van der Waals surface area (Å²) in [5.41, 5.74) is 1.55. The first-order valence-electron chi connectivity index (χ1n) is 11.0. The summed E-state index contributed by atoms with van der Waals surface area (Å²) in [5.74, 6) is -1.32. The van der Waals surface area contributed by atoms with E-state index in [-0.39, 0.29) is 5.57 Å². The molecule has 6 nitrogen and oxygen atoms in total. The molecule has 3 aromatic carbocycles. The van der Waals surface area contributed by atoms with Crippen LogP contribution in [0.1, 0.15) is 36.8 Å². The molecule has 0 unspecified atom stereocenters. The number of carbonyl (C=O) groups excluding carboxylic acids is 2. The Hall–Kier alpha value is -3.80. The number of esters is 2. The van der Waals surface area contributed by atoms with Gasteiger partial charge in [0.15, 0.2) is 11.5 Å². The topological polar surface area (TPSA) is 71.1 Å². The maximum Gasteiger partial charge on any atom is 0.348 e. The molecule has 0 amide bonds. The van der Waals surface area contributed by atoms with E-state index in [0.29, 0.717) is 36.5 Å². The molecule has 2 fully saturated rings. The van der Waals surface area contributed by atoms with Crippen LogP contribution in [-0.4, -0.2) is 24.8 Å². The lowest BCUT2D eigenvalue weighted by Crippen LogP contribution is -2.44. The largest absolute Gasteiger partial charge is 0.493 e. The van der Waals surface area contributed by atoms with Gasteiger partial charge in [-0.15, -0.1) is 0 Å². The monoisotopic (exact) mass is 444 g/mol. The smallest absolute Gasteiger partial charge is 0.348 e. The number of benzene rings is 3. The number of fused-ring (bicyclic) bond motifs is 1. The van der Waals surface area contributed by atoms with E-state index in [9.17, 15) is 9.59 Å². The molecule has 168 valence electrons. The van der Waals surface area contributed by atoms with Gasteiger partial charge in [-0.05, 0) is 52.9 Å². The zero-order chi connectivity index (χ0) is 22.8. The highest BCUT2D eigenvalue weighted by Crippen LogP contribution is 2.39. The Morgan fingerprint density at radius 3 is 2.39 bits per heavy atom. The van der Waals surface area contributed by atoms with Crippen molar-refractivity contribution < 1.29 is 28.5 Å². The minimum Gasteiger partial charge on any atom is -0.493 e. The highest BCUT2D eigenvalue weighted by molar-refractivity contribution is 6.19. The van der Waals surface area contributed by atoms with E-state index in [2.05, 4.69) is 18.2 Å². The van der Waals surface area contributed by atoms with Crippen LogP contribution >= 0.6 is 0 Å². The first-order valence-corrected chi connectivity index (χ1v) is 11.0. The highest BCUT2D eigenvalue weighted by Gasteiger charge is 2.47. The maximum absolute atomic E-state index is 12.5. The maximum atomic E-state index is 12.5. The van der Waals surface area contributed by atoms with Gasteiger partial charge < -0.3 is 18.9 Å². The fourth-order valence-electron chi connectivity index (χ4n) is 4.42. The zero-order valence-electron chi connectivity index (χ0n) is 18.3. The Bertz CT molecular complexity index is 1230. The number of carbonyl (C=O) groups is 2. The van der Waals surface area contributed by atoms with Crippen LogP contribution in [0.4, 0.5) is 0 Å². The Labute approximate surface area is 191 Å². The summed E-state index contributed by atoms with van der Waals surface area (Å²) in [6.45, 7) is 0.374. The molecule has 1 saturated carbocycles. The van der Waals surface area contributed by atoms with Crippen molar-refractivity contribution in [2.45, 2.75) is 38.1 Å². The Morgan fingerprint density at radius 1 is 0.909 bits per heavy atom. The van der Waals surface area contributed by atoms with Crippen LogP contribution < -0.4 is 9.47 Å². The molecule has 6 heteroatoms. The van der Waals surface area contributed by atoms with Crippen molar-refractivity contribution in [1.29, 1.82) is 0 Å². The van der Waals surface area contributed by atoms with Gasteiger partial charge in [-0.2, -0.15) is 0 Å². The molecule has 1 aliphatic heterocycles. The van der Waals surface area contributed by atoms with E-state index in [4.69, 9.17) is 18.9 Å². The van der Waals surface area contributed by atoms with Crippen LogP contribution in [-0.2, 0) is 25.7 Å². The van der Waals surface area contributed by atoms with Gasteiger partial charge in [0.1, 0.15) is 12.2 Å². The highest BCUT2D eigenvalue weighted by atomic mass is 16.7. The fraction of sp³-hybridized carbons (Fsp3) is 0.259. The Kier molecular flexibility index (Phi) is 5.50. The van der Waals surface area contributed by atoms with Crippen molar-refractivity contribution in [1.82, 2.24) is 0 Å². The summed E-state index contributed by atoms with van der Waals surface area (Å²) in [6, 6.07) is 19.5. The van der Waals surface area contributed by atoms with Crippen molar-refractivity contribution in [3.8, 4) is 11.5 Å². The minimum absolute atomic E-state index is 0.126. The summed E-state index contributed by atoms with van der Waals surface area (Å²) >= 11 is 0. The molecule has 1 saturated heterocycles. The summed E-state index contributed by atoms with van der Waals surface area (Å²) in [4.78, 5) is 25.0. The average molecular weight is 444 g/mol. The zero-order valence-corrected chi connectivity index (χ0v) is 18.3. The van der Waals surface area contributed by atoms with E-state index in [1.165, 1.54) is 6.08 Å². The van der Waals surface area contributed by atoms with E-state index in [0.717, 1.165) is 29.2 Å². The van der Waals surface area contributed by atoms with Crippen molar-refractivity contribution in [3.63, 3.8) is 0 Å². The van der Waals surface area contributed by atoms with Gasteiger partial charge in [0.2, 0.25) is 0 Å². The van der Waals surface area contributed by atoms with Gasteiger partial charge in [-0.3, -0.25) is 0 Å². The number of hydrogen-bond acceptors (Lipinski definition) is 6. The molecule has 3 aromatic rings. The minimum atomic E-state index is -1.08. The Morgan fingerprint density at radius 2 is 1.64 bits per heavy atom. The van der Waals surface area contributed by atoms with Gasteiger partial charge >= 0.3 is 11.9 Å². The molecule has 0 radical (unpaired) electrons. The van der Waals surface area contributed by atoms with Crippen LogP contribution in [0.25, 0.3) is 16.8 Å².